The van der Waals surface area contributed by atoms with Crippen LogP contribution in [0.4, 0.5) is 4.79 Å². The molecule has 1 N–H and O–H groups in total. The molecule has 1 unspecified atom stereocenters. The number of carbonyl (C=O) groups excluding carboxylic acids is 1. The zero-order valence-electron chi connectivity index (χ0n) is 11.8. The second-order valence-corrected chi connectivity index (χ2v) is 4.91. The van der Waals surface area contributed by atoms with Gasteiger partial charge in [-0.05, 0) is 40.0 Å². The van der Waals surface area contributed by atoms with Gasteiger partial charge in [0.05, 0.1) is 6.10 Å². The van der Waals surface area contributed by atoms with Gasteiger partial charge in [0.1, 0.15) is 5.60 Å². The van der Waals surface area contributed by atoms with Crippen molar-refractivity contribution in [3.05, 3.63) is 0 Å². The SMILES string of the molecule is CCC(O)CCN(CC)C(=O)OC(C)(C)CC. The van der Waals surface area contributed by atoms with Gasteiger partial charge in [0.2, 0.25) is 0 Å². The molecule has 102 valence electrons. The van der Waals surface area contributed by atoms with Crippen LogP contribution in [0, 0.1) is 0 Å². The predicted molar refractivity (Wildman–Crippen MR) is 69.0 cm³/mol. The van der Waals surface area contributed by atoms with E-state index in [2.05, 4.69) is 0 Å². The molecule has 4 nitrogen and oxygen atoms in total. The van der Waals surface area contributed by atoms with Crippen molar-refractivity contribution in [2.45, 2.75) is 65.6 Å². The summed E-state index contributed by atoms with van der Waals surface area (Å²) in [6.07, 6.45) is 1.48. The molecule has 0 saturated carbocycles. The molecule has 0 aromatic heterocycles. The molecule has 0 aliphatic carbocycles. The fraction of sp³-hybridized carbons (Fsp3) is 0.923. The first kappa shape index (κ1) is 16.2. The highest BCUT2D eigenvalue weighted by Crippen LogP contribution is 2.15. The Bertz CT molecular complexity index is 229. The van der Waals surface area contributed by atoms with E-state index in [1.807, 2.05) is 34.6 Å². The number of ether oxygens (including phenoxy) is 1. The third kappa shape index (κ3) is 6.51. The van der Waals surface area contributed by atoms with Crippen LogP contribution in [0.15, 0.2) is 0 Å². The quantitative estimate of drug-likeness (QED) is 0.750. The standard InChI is InChI=1S/C13H27NO3/c1-6-11(15)9-10-14(8-3)12(16)17-13(4,5)7-2/h11,15H,6-10H2,1-5H3. The van der Waals surface area contributed by atoms with Crippen molar-refractivity contribution in [1.29, 1.82) is 0 Å². The molecule has 0 rings (SSSR count). The summed E-state index contributed by atoms with van der Waals surface area (Å²) in [5.74, 6) is 0. The molecular formula is C13H27NO3. The van der Waals surface area contributed by atoms with E-state index >= 15 is 0 Å². The number of aliphatic hydroxyl groups excluding tert-OH is 1. The molecule has 0 saturated heterocycles. The van der Waals surface area contributed by atoms with E-state index in [0.717, 1.165) is 6.42 Å². The fourth-order valence-corrected chi connectivity index (χ4v) is 1.26. The predicted octanol–water partition coefficient (Wildman–Crippen LogP) is 2.79. The third-order valence-corrected chi connectivity index (χ3v) is 3.06. The Labute approximate surface area is 105 Å². The molecule has 0 spiro atoms. The highest BCUT2D eigenvalue weighted by atomic mass is 16.6. The second-order valence-electron chi connectivity index (χ2n) is 4.91. The summed E-state index contributed by atoms with van der Waals surface area (Å²) in [6, 6.07) is 0. The van der Waals surface area contributed by atoms with Gasteiger partial charge in [-0.1, -0.05) is 13.8 Å². The van der Waals surface area contributed by atoms with Crippen molar-refractivity contribution < 1.29 is 14.6 Å². The minimum Gasteiger partial charge on any atom is -0.443 e. The van der Waals surface area contributed by atoms with E-state index in [1.54, 1.807) is 4.90 Å². The summed E-state index contributed by atoms with van der Waals surface area (Å²) < 4.78 is 5.41. The summed E-state index contributed by atoms with van der Waals surface area (Å²) in [5.41, 5.74) is -0.423. The largest absolute Gasteiger partial charge is 0.443 e. The van der Waals surface area contributed by atoms with Crippen LogP contribution in [0.3, 0.4) is 0 Å². The zero-order valence-corrected chi connectivity index (χ0v) is 11.8. The number of amides is 1. The van der Waals surface area contributed by atoms with Crippen LogP contribution >= 0.6 is 0 Å². The van der Waals surface area contributed by atoms with Gasteiger partial charge < -0.3 is 14.7 Å². The van der Waals surface area contributed by atoms with Crippen LogP contribution in [-0.4, -0.2) is 40.9 Å². The molecule has 0 bridgehead atoms. The number of aliphatic hydroxyl groups is 1. The maximum atomic E-state index is 11.9. The van der Waals surface area contributed by atoms with E-state index < -0.39 is 5.60 Å². The smallest absolute Gasteiger partial charge is 0.410 e. The van der Waals surface area contributed by atoms with E-state index in [9.17, 15) is 9.90 Å². The third-order valence-electron chi connectivity index (χ3n) is 3.06. The Kier molecular flexibility index (Phi) is 7.19. The molecular weight excluding hydrogens is 218 g/mol. The van der Waals surface area contributed by atoms with Crippen LogP contribution in [-0.2, 0) is 4.74 Å². The monoisotopic (exact) mass is 245 g/mol. The van der Waals surface area contributed by atoms with E-state index in [1.165, 1.54) is 0 Å². The molecule has 4 heteroatoms. The fourth-order valence-electron chi connectivity index (χ4n) is 1.26. The number of hydrogen-bond donors (Lipinski definition) is 1. The van der Waals surface area contributed by atoms with Crippen molar-refractivity contribution in [2.75, 3.05) is 13.1 Å². The van der Waals surface area contributed by atoms with Crippen molar-refractivity contribution in [2.24, 2.45) is 0 Å². The van der Waals surface area contributed by atoms with Gasteiger partial charge in [0.15, 0.2) is 0 Å². The highest BCUT2D eigenvalue weighted by molar-refractivity contribution is 5.68. The number of nitrogens with zero attached hydrogens (tertiary/aromatic N) is 1. The molecule has 0 aromatic carbocycles. The summed E-state index contributed by atoms with van der Waals surface area (Å²) in [7, 11) is 0. The molecule has 1 amide bonds. The van der Waals surface area contributed by atoms with E-state index in [0.29, 0.717) is 25.9 Å². The van der Waals surface area contributed by atoms with Gasteiger partial charge in [0.25, 0.3) is 0 Å². The first-order valence-electron chi connectivity index (χ1n) is 6.52. The minimum absolute atomic E-state index is 0.289. The molecule has 0 aromatic rings. The number of rotatable bonds is 7. The second kappa shape index (κ2) is 7.54. The first-order valence-corrected chi connectivity index (χ1v) is 6.52. The lowest BCUT2D eigenvalue weighted by Crippen LogP contribution is -2.39. The summed E-state index contributed by atoms with van der Waals surface area (Å²) in [4.78, 5) is 13.5. The Morgan fingerprint density at radius 3 is 2.35 bits per heavy atom. The molecule has 1 atom stereocenters. The van der Waals surface area contributed by atoms with Crippen molar-refractivity contribution >= 4 is 6.09 Å². The van der Waals surface area contributed by atoms with Crippen molar-refractivity contribution in [3.8, 4) is 0 Å². The summed E-state index contributed by atoms with van der Waals surface area (Å²) >= 11 is 0. The van der Waals surface area contributed by atoms with Crippen LogP contribution in [0.1, 0.15) is 53.9 Å². The maximum Gasteiger partial charge on any atom is 0.410 e. The van der Waals surface area contributed by atoms with E-state index in [-0.39, 0.29) is 12.2 Å². The summed E-state index contributed by atoms with van der Waals surface area (Å²) in [6.45, 7) is 10.8. The van der Waals surface area contributed by atoms with Gasteiger partial charge in [-0.2, -0.15) is 0 Å². The average molecular weight is 245 g/mol. The van der Waals surface area contributed by atoms with Gasteiger partial charge in [-0.25, -0.2) is 4.79 Å². The number of carbonyl (C=O) groups is 1. The Morgan fingerprint density at radius 1 is 1.35 bits per heavy atom. The van der Waals surface area contributed by atoms with Gasteiger partial charge in [0, 0.05) is 13.1 Å². The minimum atomic E-state index is -0.423. The van der Waals surface area contributed by atoms with E-state index in [4.69, 9.17) is 4.74 Å². The summed E-state index contributed by atoms with van der Waals surface area (Å²) in [5, 5.41) is 9.48. The highest BCUT2D eigenvalue weighted by Gasteiger charge is 2.23. The van der Waals surface area contributed by atoms with Crippen LogP contribution < -0.4 is 0 Å². The molecule has 17 heavy (non-hydrogen) atoms. The molecule has 0 radical (unpaired) electrons. The van der Waals surface area contributed by atoms with Crippen LogP contribution in [0.5, 0.6) is 0 Å². The molecule has 0 heterocycles. The zero-order chi connectivity index (χ0) is 13.5. The topological polar surface area (TPSA) is 49.8 Å². The van der Waals surface area contributed by atoms with Crippen LogP contribution in [0.25, 0.3) is 0 Å². The molecule has 0 aliphatic rings. The van der Waals surface area contributed by atoms with Gasteiger partial charge in [-0.15, -0.1) is 0 Å². The Hall–Kier alpha value is -0.770. The Morgan fingerprint density at radius 2 is 1.94 bits per heavy atom. The molecule has 0 fully saturated rings. The van der Waals surface area contributed by atoms with Crippen molar-refractivity contribution in [1.82, 2.24) is 4.90 Å². The lowest BCUT2D eigenvalue weighted by Gasteiger charge is -2.28. The number of hydrogen-bond acceptors (Lipinski definition) is 3. The average Bonchev–Trinajstić information content (AvgIpc) is 2.28. The lowest BCUT2D eigenvalue weighted by atomic mass is 10.1. The first-order chi connectivity index (χ1) is 7.86. The van der Waals surface area contributed by atoms with Gasteiger partial charge >= 0.3 is 6.09 Å². The van der Waals surface area contributed by atoms with Gasteiger partial charge in [-0.3, -0.25) is 0 Å². The maximum absolute atomic E-state index is 11.9. The normalized spacial score (nSPS) is 13.3. The molecule has 0 aliphatic heterocycles. The van der Waals surface area contributed by atoms with Crippen molar-refractivity contribution in [3.63, 3.8) is 0 Å². The Balaban J connectivity index is 4.22. The van der Waals surface area contributed by atoms with Crippen LogP contribution in [0.2, 0.25) is 0 Å². The lowest BCUT2D eigenvalue weighted by molar-refractivity contribution is 0.0100.